The second kappa shape index (κ2) is 6.61. The highest BCUT2D eigenvalue weighted by Crippen LogP contribution is 2.18. The minimum Gasteiger partial charge on any atom is -0.508 e. The first kappa shape index (κ1) is 13.9. The van der Waals surface area contributed by atoms with Crippen LogP contribution >= 0.6 is 0 Å². The van der Waals surface area contributed by atoms with E-state index < -0.39 is 5.97 Å². The zero-order valence-corrected chi connectivity index (χ0v) is 11.2. The third-order valence-electron chi connectivity index (χ3n) is 2.61. The van der Waals surface area contributed by atoms with Gasteiger partial charge in [-0.3, -0.25) is 0 Å². The van der Waals surface area contributed by atoms with Gasteiger partial charge >= 0.3 is 5.97 Å². The van der Waals surface area contributed by atoms with Gasteiger partial charge in [0, 0.05) is 0 Å². The van der Waals surface area contributed by atoms with Gasteiger partial charge in [0.05, 0.1) is 12.2 Å². The van der Waals surface area contributed by atoms with Gasteiger partial charge in [0.1, 0.15) is 17.2 Å². The largest absolute Gasteiger partial charge is 0.508 e. The van der Waals surface area contributed by atoms with Crippen molar-refractivity contribution in [3.05, 3.63) is 54.1 Å². The van der Waals surface area contributed by atoms with Gasteiger partial charge in [0.2, 0.25) is 0 Å². The van der Waals surface area contributed by atoms with E-state index in [-0.39, 0.29) is 5.75 Å². The zero-order chi connectivity index (χ0) is 14.4. The number of hydrogen-bond acceptors (Lipinski definition) is 4. The third-order valence-corrected chi connectivity index (χ3v) is 2.61. The molecule has 2 rings (SSSR count). The molecule has 2 aromatic carbocycles. The number of aromatic hydroxyl groups is 1. The lowest BCUT2D eigenvalue weighted by Crippen LogP contribution is -2.08. The Labute approximate surface area is 117 Å². The van der Waals surface area contributed by atoms with E-state index in [2.05, 4.69) is 0 Å². The van der Waals surface area contributed by atoms with Crippen LogP contribution < -0.4 is 9.47 Å². The Kier molecular flexibility index (Phi) is 4.60. The van der Waals surface area contributed by atoms with Crippen molar-refractivity contribution in [2.24, 2.45) is 0 Å². The van der Waals surface area contributed by atoms with E-state index in [0.29, 0.717) is 17.9 Å². The minimum absolute atomic E-state index is 0.127. The minimum atomic E-state index is -0.447. The number of carbonyl (C=O) groups excluding carboxylic acids is 1. The Hall–Kier alpha value is -2.49. The quantitative estimate of drug-likeness (QED) is 0.669. The Morgan fingerprint density at radius 2 is 1.60 bits per heavy atom. The third kappa shape index (κ3) is 3.75. The van der Waals surface area contributed by atoms with Crippen LogP contribution in [0.5, 0.6) is 17.2 Å². The highest BCUT2D eigenvalue weighted by Gasteiger charge is 2.08. The molecular weight excluding hydrogens is 256 g/mol. The molecule has 0 spiro atoms. The van der Waals surface area contributed by atoms with E-state index in [9.17, 15) is 4.79 Å². The monoisotopic (exact) mass is 272 g/mol. The Bertz CT molecular complexity index is 558. The maximum Gasteiger partial charge on any atom is 0.343 e. The standard InChI is InChI=1S/C16H16O4/c1-2-11-19-14-7-3-12(4-8-14)16(18)20-15-9-5-13(17)6-10-15/h3-10,17H,2,11H2,1H3. The van der Waals surface area contributed by atoms with Crippen LogP contribution in [-0.4, -0.2) is 17.7 Å². The molecule has 0 heterocycles. The van der Waals surface area contributed by atoms with Gasteiger partial charge in [0.25, 0.3) is 0 Å². The fourth-order valence-corrected chi connectivity index (χ4v) is 1.59. The zero-order valence-electron chi connectivity index (χ0n) is 11.2. The van der Waals surface area contributed by atoms with Crippen LogP contribution in [0, 0.1) is 0 Å². The van der Waals surface area contributed by atoms with E-state index in [1.165, 1.54) is 24.3 Å². The number of ether oxygens (including phenoxy) is 2. The maximum atomic E-state index is 11.9. The molecule has 0 aliphatic rings. The summed E-state index contributed by atoms with van der Waals surface area (Å²) in [6, 6.07) is 12.8. The van der Waals surface area contributed by atoms with Crippen LogP contribution in [0.2, 0.25) is 0 Å². The first-order valence-electron chi connectivity index (χ1n) is 6.43. The van der Waals surface area contributed by atoms with E-state index in [1.54, 1.807) is 24.3 Å². The number of phenolic OH excluding ortho intramolecular Hbond substituents is 1. The first-order chi connectivity index (χ1) is 9.69. The highest BCUT2D eigenvalue weighted by molar-refractivity contribution is 5.91. The summed E-state index contributed by atoms with van der Waals surface area (Å²) in [7, 11) is 0. The second-order valence-electron chi connectivity index (χ2n) is 4.26. The summed E-state index contributed by atoms with van der Waals surface area (Å²) < 4.78 is 10.6. The smallest absolute Gasteiger partial charge is 0.343 e. The van der Waals surface area contributed by atoms with Gasteiger partial charge in [-0.15, -0.1) is 0 Å². The molecule has 0 atom stereocenters. The van der Waals surface area contributed by atoms with Gasteiger partial charge in [0.15, 0.2) is 0 Å². The molecule has 0 amide bonds. The van der Waals surface area contributed by atoms with Crippen molar-refractivity contribution < 1.29 is 19.4 Å². The molecule has 0 aliphatic heterocycles. The van der Waals surface area contributed by atoms with Crippen molar-refractivity contribution in [2.45, 2.75) is 13.3 Å². The lowest BCUT2D eigenvalue weighted by Gasteiger charge is -2.06. The Balaban J connectivity index is 2.00. The molecule has 0 saturated carbocycles. The average Bonchev–Trinajstić information content (AvgIpc) is 2.48. The summed E-state index contributed by atoms with van der Waals surface area (Å²) in [6.07, 6.45) is 0.935. The molecule has 4 heteroatoms. The van der Waals surface area contributed by atoms with E-state index >= 15 is 0 Å². The number of hydrogen-bond donors (Lipinski definition) is 1. The van der Waals surface area contributed by atoms with E-state index in [1.807, 2.05) is 6.92 Å². The SMILES string of the molecule is CCCOc1ccc(C(=O)Oc2ccc(O)cc2)cc1. The molecule has 0 aliphatic carbocycles. The fraction of sp³-hybridized carbons (Fsp3) is 0.188. The molecule has 0 radical (unpaired) electrons. The Morgan fingerprint density at radius 1 is 1.00 bits per heavy atom. The van der Waals surface area contributed by atoms with Gasteiger partial charge in [-0.2, -0.15) is 0 Å². The highest BCUT2D eigenvalue weighted by atomic mass is 16.5. The normalized spacial score (nSPS) is 10.1. The Morgan fingerprint density at radius 3 is 2.20 bits per heavy atom. The van der Waals surface area contributed by atoms with E-state index in [4.69, 9.17) is 14.6 Å². The molecule has 0 bridgehead atoms. The van der Waals surface area contributed by atoms with Gasteiger partial charge in [-0.25, -0.2) is 4.79 Å². The average molecular weight is 272 g/mol. The first-order valence-corrected chi connectivity index (χ1v) is 6.43. The fourth-order valence-electron chi connectivity index (χ4n) is 1.59. The van der Waals surface area contributed by atoms with Crippen molar-refractivity contribution in [3.63, 3.8) is 0 Å². The maximum absolute atomic E-state index is 11.9. The summed E-state index contributed by atoms with van der Waals surface area (Å²) in [4.78, 5) is 11.9. The van der Waals surface area contributed by atoms with Crippen molar-refractivity contribution in [3.8, 4) is 17.2 Å². The molecule has 0 aromatic heterocycles. The van der Waals surface area contributed by atoms with Gasteiger partial charge < -0.3 is 14.6 Å². The van der Waals surface area contributed by atoms with E-state index in [0.717, 1.165) is 12.2 Å². The lowest BCUT2D eigenvalue weighted by molar-refractivity contribution is 0.0734. The molecule has 0 fully saturated rings. The predicted octanol–water partition coefficient (Wildman–Crippen LogP) is 3.40. The van der Waals surface area contributed by atoms with Crippen molar-refractivity contribution in [1.29, 1.82) is 0 Å². The predicted molar refractivity (Wildman–Crippen MR) is 75.3 cm³/mol. The summed E-state index contributed by atoms with van der Waals surface area (Å²) in [5.41, 5.74) is 0.446. The van der Waals surface area contributed by atoms with Gasteiger partial charge in [-0.05, 0) is 55.0 Å². The number of carbonyl (C=O) groups is 1. The van der Waals surface area contributed by atoms with Crippen LogP contribution in [0.25, 0.3) is 0 Å². The molecule has 104 valence electrons. The molecule has 2 aromatic rings. The van der Waals surface area contributed by atoms with Crippen LogP contribution in [-0.2, 0) is 0 Å². The number of benzene rings is 2. The van der Waals surface area contributed by atoms with Crippen molar-refractivity contribution in [1.82, 2.24) is 0 Å². The summed E-state index contributed by atoms with van der Waals surface area (Å²) >= 11 is 0. The van der Waals surface area contributed by atoms with Crippen LogP contribution in [0.4, 0.5) is 0 Å². The van der Waals surface area contributed by atoms with Crippen LogP contribution in [0.1, 0.15) is 23.7 Å². The number of esters is 1. The molecule has 4 nitrogen and oxygen atoms in total. The number of rotatable bonds is 5. The van der Waals surface area contributed by atoms with Gasteiger partial charge in [-0.1, -0.05) is 6.92 Å². The molecule has 0 saturated heterocycles. The summed E-state index contributed by atoms with van der Waals surface area (Å²) in [6.45, 7) is 2.68. The van der Waals surface area contributed by atoms with Crippen LogP contribution in [0.3, 0.4) is 0 Å². The molecule has 0 unspecified atom stereocenters. The molecule has 1 N–H and O–H groups in total. The lowest BCUT2D eigenvalue weighted by atomic mass is 10.2. The molecular formula is C16H16O4. The molecule has 20 heavy (non-hydrogen) atoms. The summed E-state index contributed by atoms with van der Waals surface area (Å²) in [5.74, 6) is 0.798. The number of phenols is 1. The van der Waals surface area contributed by atoms with Crippen molar-refractivity contribution in [2.75, 3.05) is 6.61 Å². The topological polar surface area (TPSA) is 55.8 Å². The summed E-state index contributed by atoms with van der Waals surface area (Å²) in [5, 5.41) is 9.15. The second-order valence-corrected chi connectivity index (χ2v) is 4.26. The van der Waals surface area contributed by atoms with Crippen molar-refractivity contribution >= 4 is 5.97 Å². The van der Waals surface area contributed by atoms with Crippen LogP contribution in [0.15, 0.2) is 48.5 Å².